The minimum absolute atomic E-state index is 0.373. The number of furan rings is 1. The Bertz CT molecular complexity index is 578. The molecule has 2 aromatic heterocycles. The number of aromatic nitrogens is 2. The highest BCUT2D eigenvalue weighted by Crippen LogP contribution is 2.39. The molecule has 2 heterocycles. The van der Waals surface area contributed by atoms with Gasteiger partial charge in [-0.05, 0) is 38.3 Å². The van der Waals surface area contributed by atoms with Crippen LogP contribution in [0, 0.1) is 0 Å². The summed E-state index contributed by atoms with van der Waals surface area (Å²) in [5, 5.41) is 6.68. The molecule has 1 aliphatic rings. The third kappa shape index (κ3) is 3.74. The van der Waals surface area contributed by atoms with Gasteiger partial charge in [0, 0.05) is 18.0 Å². The summed E-state index contributed by atoms with van der Waals surface area (Å²) in [6.45, 7) is 4.93. The quantitative estimate of drug-likeness (QED) is 0.811. The normalized spacial score (nSPS) is 15.7. The van der Waals surface area contributed by atoms with Gasteiger partial charge in [-0.2, -0.15) is 4.98 Å². The Hall–Kier alpha value is -2.04. The summed E-state index contributed by atoms with van der Waals surface area (Å²) in [6, 6.07) is 6.27. The molecule has 0 aromatic carbocycles. The number of hydrogen-bond donors (Lipinski definition) is 2. The first-order valence-corrected chi connectivity index (χ1v) is 7.66. The molecule has 0 aliphatic heterocycles. The van der Waals surface area contributed by atoms with Gasteiger partial charge in [-0.3, -0.25) is 0 Å². The minimum atomic E-state index is 0.373. The van der Waals surface area contributed by atoms with Crippen LogP contribution in [0.1, 0.15) is 50.5 Å². The van der Waals surface area contributed by atoms with Gasteiger partial charge in [0.15, 0.2) is 0 Å². The van der Waals surface area contributed by atoms with Gasteiger partial charge in [-0.15, -0.1) is 0 Å². The van der Waals surface area contributed by atoms with E-state index in [0.29, 0.717) is 18.5 Å². The van der Waals surface area contributed by atoms with Crippen LogP contribution in [0.5, 0.6) is 0 Å². The number of rotatable bonds is 7. The Labute approximate surface area is 125 Å². The topological polar surface area (TPSA) is 63.0 Å². The number of anilines is 2. The summed E-state index contributed by atoms with van der Waals surface area (Å²) in [5.41, 5.74) is 1.14. The summed E-state index contributed by atoms with van der Waals surface area (Å²) in [4.78, 5) is 9.20. The zero-order chi connectivity index (χ0) is 14.7. The molecule has 0 unspecified atom stereocenters. The number of hydrogen-bond acceptors (Lipinski definition) is 5. The molecule has 2 aromatic rings. The van der Waals surface area contributed by atoms with E-state index in [-0.39, 0.29) is 0 Å². The second-order valence-electron chi connectivity index (χ2n) is 5.66. The van der Waals surface area contributed by atoms with E-state index in [1.165, 1.54) is 12.8 Å². The molecule has 0 saturated heterocycles. The predicted octanol–water partition coefficient (Wildman–Crippen LogP) is 3.77. The van der Waals surface area contributed by atoms with Crippen molar-refractivity contribution in [1.82, 2.24) is 9.97 Å². The molecule has 0 radical (unpaired) electrons. The van der Waals surface area contributed by atoms with E-state index in [1.807, 2.05) is 12.1 Å². The van der Waals surface area contributed by atoms with E-state index in [9.17, 15) is 0 Å². The van der Waals surface area contributed by atoms with E-state index in [0.717, 1.165) is 29.6 Å². The second kappa shape index (κ2) is 6.16. The molecule has 1 aliphatic carbocycles. The van der Waals surface area contributed by atoms with Crippen LogP contribution >= 0.6 is 0 Å². The SMILES string of the molecule is CC[C@H](C)Nc1nc(NCc2ccco2)cc(C2CC2)n1. The number of nitrogens with one attached hydrogen (secondary N) is 2. The first kappa shape index (κ1) is 13.9. The highest BCUT2D eigenvalue weighted by atomic mass is 16.3. The zero-order valence-electron chi connectivity index (χ0n) is 12.6. The Kier molecular flexibility index (Phi) is 4.08. The smallest absolute Gasteiger partial charge is 0.225 e. The molecule has 112 valence electrons. The Balaban J connectivity index is 1.74. The first-order valence-electron chi connectivity index (χ1n) is 7.66. The van der Waals surface area contributed by atoms with Crippen molar-refractivity contribution < 1.29 is 4.42 Å². The summed E-state index contributed by atoms with van der Waals surface area (Å²) < 4.78 is 5.34. The van der Waals surface area contributed by atoms with E-state index in [1.54, 1.807) is 6.26 Å². The fourth-order valence-electron chi connectivity index (χ4n) is 2.12. The molecule has 3 rings (SSSR count). The van der Waals surface area contributed by atoms with Gasteiger partial charge in [-0.25, -0.2) is 4.98 Å². The molecule has 1 fully saturated rings. The van der Waals surface area contributed by atoms with Crippen molar-refractivity contribution in [3.05, 3.63) is 35.9 Å². The lowest BCUT2D eigenvalue weighted by Crippen LogP contribution is -2.17. The maximum absolute atomic E-state index is 5.34. The minimum Gasteiger partial charge on any atom is -0.467 e. The van der Waals surface area contributed by atoms with Gasteiger partial charge in [0.25, 0.3) is 0 Å². The van der Waals surface area contributed by atoms with Crippen LogP contribution in [0.15, 0.2) is 28.9 Å². The summed E-state index contributed by atoms with van der Waals surface area (Å²) >= 11 is 0. The molecule has 21 heavy (non-hydrogen) atoms. The lowest BCUT2D eigenvalue weighted by atomic mass is 10.2. The molecule has 1 atom stereocenters. The Morgan fingerprint density at radius 1 is 1.38 bits per heavy atom. The van der Waals surface area contributed by atoms with Crippen LogP contribution in [-0.4, -0.2) is 16.0 Å². The maximum Gasteiger partial charge on any atom is 0.225 e. The largest absolute Gasteiger partial charge is 0.467 e. The van der Waals surface area contributed by atoms with Crippen molar-refractivity contribution in [2.75, 3.05) is 10.6 Å². The van der Waals surface area contributed by atoms with Crippen LogP contribution in [0.2, 0.25) is 0 Å². The van der Waals surface area contributed by atoms with Gasteiger partial charge in [-0.1, -0.05) is 6.92 Å². The molecular formula is C16H22N4O. The van der Waals surface area contributed by atoms with E-state index in [2.05, 4.69) is 40.5 Å². The fourth-order valence-corrected chi connectivity index (χ4v) is 2.12. The highest BCUT2D eigenvalue weighted by Gasteiger charge is 2.26. The van der Waals surface area contributed by atoms with Crippen molar-refractivity contribution in [2.24, 2.45) is 0 Å². The summed E-state index contributed by atoms with van der Waals surface area (Å²) in [5.74, 6) is 3.08. The fraction of sp³-hybridized carbons (Fsp3) is 0.500. The molecule has 1 saturated carbocycles. The zero-order valence-corrected chi connectivity index (χ0v) is 12.6. The van der Waals surface area contributed by atoms with Crippen molar-refractivity contribution >= 4 is 11.8 Å². The van der Waals surface area contributed by atoms with Crippen LogP contribution in [0.25, 0.3) is 0 Å². The molecule has 2 N–H and O–H groups in total. The van der Waals surface area contributed by atoms with E-state index < -0.39 is 0 Å². The van der Waals surface area contributed by atoms with Crippen LogP contribution in [-0.2, 0) is 6.54 Å². The first-order chi connectivity index (χ1) is 10.2. The Morgan fingerprint density at radius 2 is 2.24 bits per heavy atom. The van der Waals surface area contributed by atoms with Gasteiger partial charge in [0.2, 0.25) is 5.95 Å². The standard InChI is InChI=1S/C16H22N4O/c1-3-11(2)18-16-19-14(12-6-7-12)9-15(20-16)17-10-13-5-4-8-21-13/h4-5,8-9,11-12H,3,6-7,10H2,1-2H3,(H2,17,18,19,20)/t11-/m0/s1. The molecular weight excluding hydrogens is 264 g/mol. The van der Waals surface area contributed by atoms with Gasteiger partial charge >= 0.3 is 0 Å². The van der Waals surface area contributed by atoms with Gasteiger partial charge < -0.3 is 15.1 Å². The monoisotopic (exact) mass is 286 g/mol. The lowest BCUT2D eigenvalue weighted by Gasteiger charge is -2.14. The van der Waals surface area contributed by atoms with Crippen LogP contribution in [0.4, 0.5) is 11.8 Å². The van der Waals surface area contributed by atoms with Gasteiger partial charge in [0.05, 0.1) is 18.5 Å². The molecule has 0 spiro atoms. The van der Waals surface area contributed by atoms with Crippen molar-refractivity contribution in [3.8, 4) is 0 Å². The average Bonchev–Trinajstić information content (AvgIpc) is 3.21. The lowest BCUT2D eigenvalue weighted by molar-refractivity contribution is 0.518. The number of nitrogens with zero attached hydrogens (tertiary/aromatic N) is 2. The Morgan fingerprint density at radius 3 is 2.90 bits per heavy atom. The third-order valence-electron chi connectivity index (χ3n) is 3.75. The van der Waals surface area contributed by atoms with Crippen LogP contribution in [0.3, 0.4) is 0 Å². The third-order valence-corrected chi connectivity index (χ3v) is 3.75. The molecule has 5 nitrogen and oxygen atoms in total. The predicted molar refractivity (Wildman–Crippen MR) is 83.4 cm³/mol. The van der Waals surface area contributed by atoms with E-state index in [4.69, 9.17) is 4.42 Å². The van der Waals surface area contributed by atoms with Crippen molar-refractivity contribution in [3.63, 3.8) is 0 Å². The highest BCUT2D eigenvalue weighted by molar-refractivity contribution is 5.44. The van der Waals surface area contributed by atoms with Gasteiger partial charge in [0.1, 0.15) is 11.6 Å². The van der Waals surface area contributed by atoms with Crippen molar-refractivity contribution in [2.45, 2.75) is 51.6 Å². The summed E-state index contributed by atoms with van der Waals surface area (Å²) in [6.07, 6.45) is 5.20. The molecule has 5 heteroatoms. The molecule has 0 amide bonds. The summed E-state index contributed by atoms with van der Waals surface area (Å²) in [7, 11) is 0. The van der Waals surface area contributed by atoms with E-state index >= 15 is 0 Å². The maximum atomic E-state index is 5.34. The second-order valence-corrected chi connectivity index (χ2v) is 5.66. The van der Waals surface area contributed by atoms with Crippen molar-refractivity contribution in [1.29, 1.82) is 0 Å². The molecule has 0 bridgehead atoms. The van der Waals surface area contributed by atoms with Crippen LogP contribution < -0.4 is 10.6 Å². The average molecular weight is 286 g/mol.